The van der Waals surface area contributed by atoms with E-state index >= 15 is 0 Å². The van der Waals surface area contributed by atoms with E-state index in [2.05, 4.69) is 52.9 Å². The molecule has 0 fully saturated rings. The van der Waals surface area contributed by atoms with Crippen LogP contribution in [-0.4, -0.2) is 38.0 Å². The first-order valence-corrected chi connectivity index (χ1v) is 9.64. The van der Waals surface area contributed by atoms with E-state index in [9.17, 15) is 4.79 Å². The van der Waals surface area contributed by atoms with E-state index in [1.54, 1.807) is 0 Å². The number of amides is 1. The normalized spacial score (nSPS) is 14.6. The SMILES string of the molecule is CCNC(=NCC(=O)N1CCc2ccccc21)NCC(C)c1ccccc1. The van der Waals surface area contributed by atoms with Crippen LogP contribution in [0.15, 0.2) is 59.6 Å². The van der Waals surface area contributed by atoms with Crippen molar-refractivity contribution in [3.05, 3.63) is 65.7 Å². The summed E-state index contributed by atoms with van der Waals surface area (Å²) < 4.78 is 0. The fraction of sp³-hybridized carbons (Fsp3) is 0.364. The van der Waals surface area contributed by atoms with Gasteiger partial charge in [-0.2, -0.15) is 0 Å². The molecule has 0 bridgehead atoms. The van der Waals surface area contributed by atoms with Crippen molar-refractivity contribution in [2.45, 2.75) is 26.2 Å². The van der Waals surface area contributed by atoms with Crippen molar-refractivity contribution >= 4 is 17.6 Å². The minimum absolute atomic E-state index is 0.0354. The highest BCUT2D eigenvalue weighted by Crippen LogP contribution is 2.27. The fourth-order valence-electron chi connectivity index (χ4n) is 3.32. The maximum Gasteiger partial charge on any atom is 0.248 e. The standard InChI is InChI=1S/C22H28N4O/c1-3-23-22(24-15-17(2)18-9-5-4-6-10-18)25-16-21(27)26-14-13-19-11-7-8-12-20(19)26/h4-12,17H,3,13-16H2,1-2H3,(H2,23,24,25). The predicted octanol–water partition coefficient (Wildman–Crippen LogP) is 2.93. The number of hydrogen-bond acceptors (Lipinski definition) is 2. The summed E-state index contributed by atoms with van der Waals surface area (Å²) in [6.45, 7) is 6.60. The van der Waals surface area contributed by atoms with Crippen LogP contribution in [0.25, 0.3) is 0 Å². The smallest absolute Gasteiger partial charge is 0.248 e. The Balaban J connectivity index is 1.58. The van der Waals surface area contributed by atoms with Crippen molar-refractivity contribution in [3.8, 4) is 0 Å². The molecule has 0 saturated carbocycles. The second kappa shape index (κ2) is 9.21. The number of rotatable bonds is 6. The summed E-state index contributed by atoms with van der Waals surface area (Å²) in [5, 5.41) is 6.57. The molecule has 3 rings (SSSR count). The van der Waals surface area contributed by atoms with Crippen LogP contribution < -0.4 is 15.5 Å². The minimum atomic E-state index is 0.0354. The number of carbonyl (C=O) groups excluding carboxylic acids is 1. The summed E-state index contributed by atoms with van der Waals surface area (Å²) in [6.07, 6.45) is 0.915. The summed E-state index contributed by atoms with van der Waals surface area (Å²) >= 11 is 0. The molecule has 2 aromatic rings. The number of benzene rings is 2. The van der Waals surface area contributed by atoms with Crippen LogP contribution in [0.2, 0.25) is 0 Å². The van der Waals surface area contributed by atoms with E-state index < -0.39 is 0 Å². The molecule has 2 N–H and O–H groups in total. The minimum Gasteiger partial charge on any atom is -0.357 e. The van der Waals surface area contributed by atoms with Gasteiger partial charge >= 0.3 is 0 Å². The molecular formula is C22H28N4O. The van der Waals surface area contributed by atoms with E-state index in [4.69, 9.17) is 0 Å². The second-order valence-electron chi connectivity index (χ2n) is 6.81. The van der Waals surface area contributed by atoms with Crippen molar-refractivity contribution in [1.82, 2.24) is 10.6 Å². The molecule has 1 heterocycles. The van der Waals surface area contributed by atoms with E-state index in [0.717, 1.165) is 31.7 Å². The molecule has 1 aliphatic rings. The van der Waals surface area contributed by atoms with Gasteiger partial charge in [0.15, 0.2) is 5.96 Å². The second-order valence-corrected chi connectivity index (χ2v) is 6.81. The maximum atomic E-state index is 12.6. The van der Waals surface area contributed by atoms with Gasteiger partial charge in [-0.3, -0.25) is 4.79 Å². The van der Waals surface area contributed by atoms with E-state index in [-0.39, 0.29) is 12.5 Å². The summed E-state index contributed by atoms with van der Waals surface area (Å²) in [6, 6.07) is 18.5. The Morgan fingerprint density at radius 1 is 1.11 bits per heavy atom. The number of carbonyl (C=O) groups is 1. The van der Waals surface area contributed by atoms with Gasteiger partial charge in [-0.15, -0.1) is 0 Å². The van der Waals surface area contributed by atoms with E-state index in [1.807, 2.05) is 36.1 Å². The van der Waals surface area contributed by atoms with Crippen LogP contribution in [-0.2, 0) is 11.2 Å². The molecule has 0 spiro atoms. The van der Waals surface area contributed by atoms with E-state index in [1.165, 1.54) is 11.1 Å². The molecule has 0 aliphatic carbocycles. The van der Waals surface area contributed by atoms with Gasteiger partial charge < -0.3 is 15.5 Å². The van der Waals surface area contributed by atoms with Gasteiger partial charge in [0, 0.05) is 25.3 Å². The highest BCUT2D eigenvalue weighted by molar-refractivity contribution is 5.98. The molecule has 0 aromatic heterocycles. The molecule has 2 aromatic carbocycles. The molecule has 0 saturated heterocycles. The Morgan fingerprint density at radius 2 is 1.85 bits per heavy atom. The molecule has 1 amide bonds. The number of hydrogen-bond donors (Lipinski definition) is 2. The number of nitrogens with zero attached hydrogens (tertiary/aromatic N) is 2. The lowest BCUT2D eigenvalue weighted by atomic mass is 10.0. The topological polar surface area (TPSA) is 56.7 Å². The first-order chi connectivity index (χ1) is 13.2. The van der Waals surface area contributed by atoms with Gasteiger partial charge in [-0.25, -0.2) is 4.99 Å². The van der Waals surface area contributed by atoms with Gasteiger partial charge in [-0.05, 0) is 36.5 Å². The highest BCUT2D eigenvalue weighted by Gasteiger charge is 2.23. The van der Waals surface area contributed by atoms with Crippen molar-refractivity contribution in [2.75, 3.05) is 31.1 Å². The number of guanidine groups is 1. The van der Waals surface area contributed by atoms with Gasteiger partial charge in [0.25, 0.3) is 0 Å². The van der Waals surface area contributed by atoms with E-state index in [0.29, 0.717) is 11.9 Å². The highest BCUT2D eigenvalue weighted by atomic mass is 16.2. The van der Waals surface area contributed by atoms with Crippen LogP contribution >= 0.6 is 0 Å². The molecule has 5 nitrogen and oxygen atoms in total. The first-order valence-electron chi connectivity index (χ1n) is 9.64. The maximum absolute atomic E-state index is 12.6. The third-order valence-corrected chi connectivity index (χ3v) is 4.85. The Hall–Kier alpha value is -2.82. The van der Waals surface area contributed by atoms with Crippen molar-refractivity contribution in [2.24, 2.45) is 4.99 Å². The summed E-state index contributed by atoms with van der Waals surface area (Å²) in [4.78, 5) is 19.0. The Kier molecular flexibility index (Phi) is 6.47. The number of aliphatic imine (C=N–C) groups is 1. The number of anilines is 1. The average Bonchev–Trinajstić information content (AvgIpc) is 3.14. The fourth-order valence-corrected chi connectivity index (χ4v) is 3.32. The van der Waals surface area contributed by atoms with Crippen LogP contribution in [0.1, 0.15) is 30.9 Å². The van der Waals surface area contributed by atoms with Gasteiger partial charge in [0.1, 0.15) is 6.54 Å². The van der Waals surface area contributed by atoms with Crippen LogP contribution in [0.5, 0.6) is 0 Å². The summed E-state index contributed by atoms with van der Waals surface area (Å²) in [5.74, 6) is 1.07. The Morgan fingerprint density at radius 3 is 2.63 bits per heavy atom. The lowest BCUT2D eigenvalue weighted by Crippen LogP contribution is -2.40. The molecule has 1 aliphatic heterocycles. The zero-order valence-corrected chi connectivity index (χ0v) is 16.1. The van der Waals surface area contributed by atoms with Gasteiger partial charge in [-0.1, -0.05) is 55.5 Å². The zero-order chi connectivity index (χ0) is 19.1. The molecule has 1 unspecified atom stereocenters. The number of fused-ring (bicyclic) bond motifs is 1. The Bertz CT molecular complexity index is 788. The zero-order valence-electron chi connectivity index (χ0n) is 16.1. The van der Waals surface area contributed by atoms with Crippen molar-refractivity contribution < 1.29 is 4.79 Å². The van der Waals surface area contributed by atoms with Crippen molar-refractivity contribution in [3.63, 3.8) is 0 Å². The first kappa shape index (κ1) is 19.0. The molecule has 5 heteroatoms. The monoisotopic (exact) mass is 364 g/mol. The van der Waals surface area contributed by atoms with Crippen LogP contribution in [0, 0.1) is 0 Å². The lowest BCUT2D eigenvalue weighted by Gasteiger charge is -2.18. The molecule has 27 heavy (non-hydrogen) atoms. The third-order valence-electron chi connectivity index (χ3n) is 4.85. The largest absolute Gasteiger partial charge is 0.357 e. The molecule has 0 radical (unpaired) electrons. The average molecular weight is 364 g/mol. The summed E-state index contributed by atoms with van der Waals surface area (Å²) in [7, 11) is 0. The quantitative estimate of drug-likeness (QED) is 0.612. The summed E-state index contributed by atoms with van der Waals surface area (Å²) in [5.41, 5.74) is 3.54. The van der Waals surface area contributed by atoms with Crippen LogP contribution in [0.3, 0.4) is 0 Å². The Labute approximate surface area is 161 Å². The van der Waals surface area contributed by atoms with Crippen molar-refractivity contribution in [1.29, 1.82) is 0 Å². The number of nitrogens with one attached hydrogen (secondary N) is 2. The third kappa shape index (κ3) is 4.88. The lowest BCUT2D eigenvalue weighted by molar-refractivity contribution is -0.117. The van der Waals surface area contributed by atoms with Gasteiger partial charge in [0.2, 0.25) is 5.91 Å². The van der Waals surface area contributed by atoms with Crippen LogP contribution in [0.4, 0.5) is 5.69 Å². The predicted molar refractivity (Wildman–Crippen MR) is 111 cm³/mol. The van der Waals surface area contributed by atoms with Gasteiger partial charge in [0.05, 0.1) is 0 Å². The molecular weight excluding hydrogens is 336 g/mol. The number of para-hydroxylation sites is 1. The molecule has 1 atom stereocenters. The molecule has 142 valence electrons.